The standard InChI is InChI=1S/C28H33N3O2S/c1-2-33-21-15-13-19(14-16-21)26-24-11-7-17-30(24)27-23(22-10-5-6-12-25(22)34-27)18-31(26)28(32)29-20-8-3-4-9-20/h7,11,13-17,20,26H,2-6,8-10,12,18H2,1H3,(H,29,32). The van der Waals surface area contributed by atoms with Crippen LogP contribution in [0.5, 0.6) is 5.75 Å². The Morgan fingerprint density at radius 1 is 1.06 bits per heavy atom. The first-order valence-corrected chi connectivity index (χ1v) is 13.7. The van der Waals surface area contributed by atoms with Crippen molar-refractivity contribution in [3.05, 3.63) is 69.9 Å². The van der Waals surface area contributed by atoms with Gasteiger partial charge in [-0.3, -0.25) is 0 Å². The minimum absolute atomic E-state index is 0.0575. The molecular weight excluding hydrogens is 442 g/mol. The van der Waals surface area contributed by atoms with Crippen LogP contribution in [0.25, 0.3) is 5.00 Å². The highest BCUT2D eigenvalue weighted by Crippen LogP contribution is 2.44. The Morgan fingerprint density at radius 2 is 1.85 bits per heavy atom. The number of urea groups is 1. The molecule has 1 aliphatic heterocycles. The minimum atomic E-state index is -0.147. The van der Waals surface area contributed by atoms with Gasteiger partial charge >= 0.3 is 6.03 Å². The Bertz CT molecular complexity index is 1170. The van der Waals surface area contributed by atoms with Crippen molar-refractivity contribution in [2.24, 2.45) is 0 Å². The third kappa shape index (κ3) is 3.82. The van der Waals surface area contributed by atoms with E-state index >= 15 is 0 Å². The SMILES string of the molecule is CCOc1ccc(C2c3cccn3-c3sc4c(c3CN2C(=O)NC2CCCC2)CCCC4)cc1. The number of hydrogen-bond donors (Lipinski definition) is 1. The van der Waals surface area contributed by atoms with Crippen LogP contribution in [-0.2, 0) is 19.4 Å². The number of nitrogens with zero attached hydrogens (tertiary/aromatic N) is 2. The molecule has 2 aromatic heterocycles. The van der Waals surface area contributed by atoms with Crippen LogP contribution in [0.1, 0.15) is 78.8 Å². The van der Waals surface area contributed by atoms with Gasteiger partial charge in [-0.25, -0.2) is 4.79 Å². The topological polar surface area (TPSA) is 46.5 Å². The first-order valence-electron chi connectivity index (χ1n) is 12.8. The molecule has 0 saturated heterocycles. The molecule has 3 aromatic rings. The number of hydrogen-bond acceptors (Lipinski definition) is 3. The minimum Gasteiger partial charge on any atom is -0.494 e. The first-order chi connectivity index (χ1) is 16.7. The molecule has 178 valence electrons. The van der Waals surface area contributed by atoms with Gasteiger partial charge in [-0.15, -0.1) is 11.3 Å². The summed E-state index contributed by atoms with van der Waals surface area (Å²) in [6.07, 6.45) is 11.6. The lowest BCUT2D eigenvalue weighted by Crippen LogP contribution is -2.45. The van der Waals surface area contributed by atoms with E-state index in [0.717, 1.165) is 36.3 Å². The van der Waals surface area contributed by atoms with Gasteiger partial charge in [0.25, 0.3) is 0 Å². The normalized spacial score (nSPS) is 19.8. The molecule has 6 rings (SSSR count). The van der Waals surface area contributed by atoms with Crippen molar-refractivity contribution in [3.63, 3.8) is 0 Å². The second kappa shape index (κ2) is 9.14. The van der Waals surface area contributed by atoms with Crippen LogP contribution in [0, 0.1) is 0 Å². The van der Waals surface area contributed by atoms with Crippen molar-refractivity contribution in [1.29, 1.82) is 0 Å². The molecule has 0 bridgehead atoms. The van der Waals surface area contributed by atoms with E-state index < -0.39 is 0 Å². The number of fused-ring (bicyclic) bond motifs is 5. The van der Waals surface area contributed by atoms with Crippen molar-refractivity contribution in [2.75, 3.05) is 6.61 Å². The molecule has 0 spiro atoms. The van der Waals surface area contributed by atoms with Gasteiger partial charge < -0.3 is 19.5 Å². The number of thiophene rings is 1. The maximum atomic E-state index is 13.9. The summed E-state index contributed by atoms with van der Waals surface area (Å²) in [5.41, 5.74) is 5.13. The molecule has 1 unspecified atom stereocenters. The van der Waals surface area contributed by atoms with E-state index in [1.54, 1.807) is 0 Å². The highest BCUT2D eigenvalue weighted by Gasteiger charge is 2.36. The van der Waals surface area contributed by atoms with Gasteiger partial charge in [-0.1, -0.05) is 25.0 Å². The third-order valence-corrected chi connectivity index (χ3v) is 8.96. The predicted octanol–water partition coefficient (Wildman–Crippen LogP) is 6.37. The lowest BCUT2D eigenvalue weighted by atomic mass is 9.95. The predicted molar refractivity (Wildman–Crippen MR) is 136 cm³/mol. The highest BCUT2D eigenvalue weighted by molar-refractivity contribution is 7.15. The van der Waals surface area contributed by atoms with Gasteiger partial charge in [0, 0.05) is 22.7 Å². The number of benzene rings is 1. The van der Waals surface area contributed by atoms with E-state index in [4.69, 9.17) is 4.74 Å². The van der Waals surface area contributed by atoms with Crippen LogP contribution in [0.3, 0.4) is 0 Å². The maximum Gasteiger partial charge on any atom is 0.318 e. The summed E-state index contributed by atoms with van der Waals surface area (Å²) in [5, 5.41) is 4.69. The fourth-order valence-corrected chi connectivity index (χ4v) is 7.38. The van der Waals surface area contributed by atoms with E-state index in [1.165, 1.54) is 53.1 Å². The van der Waals surface area contributed by atoms with E-state index in [9.17, 15) is 4.79 Å². The average Bonchev–Trinajstić information content (AvgIpc) is 3.59. The Balaban J connectivity index is 1.45. The molecule has 1 fully saturated rings. The second-order valence-electron chi connectivity index (χ2n) is 9.76. The summed E-state index contributed by atoms with van der Waals surface area (Å²) in [7, 11) is 0. The van der Waals surface area contributed by atoms with Gasteiger partial charge in [-0.2, -0.15) is 0 Å². The molecule has 2 aliphatic carbocycles. The summed E-state index contributed by atoms with van der Waals surface area (Å²) in [6, 6.07) is 12.8. The summed E-state index contributed by atoms with van der Waals surface area (Å²) in [5.74, 6) is 0.866. The zero-order chi connectivity index (χ0) is 23.1. The molecule has 3 aliphatic rings. The zero-order valence-electron chi connectivity index (χ0n) is 19.9. The molecule has 1 atom stereocenters. The fourth-order valence-electron chi connectivity index (χ4n) is 5.98. The zero-order valence-corrected chi connectivity index (χ0v) is 20.7. The molecule has 6 heteroatoms. The number of ether oxygens (including phenoxy) is 1. The lowest BCUT2D eigenvalue weighted by Gasteiger charge is -2.32. The Kier molecular flexibility index (Phi) is 5.85. The second-order valence-corrected chi connectivity index (χ2v) is 10.8. The number of carbonyl (C=O) groups is 1. The largest absolute Gasteiger partial charge is 0.494 e. The van der Waals surface area contributed by atoms with Crippen LogP contribution in [0.4, 0.5) is 4.79 Å². The number of aromatic nitrogens is 1. The first kappa shape index (κ1) is 21.8. The van der Waals surface area contributed by atoms with Gasteiger partial charge in [0.05, 0.1) is 24.9 Å². The molecule has 5 nitrogen and oxygen atoms in total. The van der Waals surface area contributed by atoms with Crippen LogP contribution in [0.15, 0.2) is 42.6 Å². The summed E-state index contributed by atoms with van der Waals surface area (Å²) >= 11 is 1.94. The van der Waals surface area contributed by atoms with Crippen molar-refractivity contribution in [3.8, 4) is 10.8 Å². The van der Waals surface area contributed by atoms with E-state index in [2.05, 4.69) is 45.2 Å². The number of amides is 2. The van der Waals surface area contributed by atoms with Gasteiger partial charge in [0.15, 0.2) is 0 Å². The Labute approximate surface area is 205 Å². The van der Waals surface area contributed by atoms with Gasteiger partial charge in [-0.05, 0) is 80.8 Å². The molecule has 1 N–H and O–H groups in total. The number of nitrogens with one attached hydrogen (secondary N) is 1. The van der Waals surface area contributed by atoms with Crippen molar-refractivity contribution < 1.29 is 9.53 Å². The van der Waals surface area contributed by atoms with Crippen LogP contribution >= 0.6 is 11.3 Å². The summed E-state index contributed by atoms with van der Waals surface area (Å²) in [6.45, 7) is 3.30. The molecule has 3 heterocycles. The molecule has 0 radical (unpaired) electrons. The molecule has 1 saturated carbocycles. The van der Waals surface area contributed by atoms with E-state index in [0.29, 0.717) is 19.2 Å². The lowest BCUT2D eigenvalue weighted by molar-refractivity contribution is 0.176. The molecule has 2 amide bonds. The Morgan fingerprint density at radius 3 is 2.65 bits per heavy atom. The van der Waals surface area contributed by atoms with Crippen molar-refractivity contribution in [2.45, 2.75) is 76.9 Å². The quantitative estimate of drug-likeness (QED) is 0.476. The van der Waals surface area contributed by atoms with Crippen molar-refractivity contribution >= 4 is 17.4 Å². The summed E-state index contributed by atoms with van der Waals surface area (Å²) < 4.78 is 8.04. The van der Waals surface area contributed by atoms with Gasteiger partial charge in [0.2, 0.25) is 0 Å². The number of rotatable bonds is 4. The molecular formula is C28H33N3O2S. The monoisotopic (exact) mass is 475 g/mol. The number of carbonyl (C=O) groups excluding carboxylic acids is 1. The van der Waals surface area contributed by atoms with E-state index in [1.807, 2.05) is 30.4 Å². The number of aryl methyl sites for hydroxylation is 1. The fraction of sp³-hybridized carbons (Fsp3) is 0.464. The Hall–Kier alpha value is -2.73. The van der Waals surface area contributed by atoms with Crippen LogP contribution < -0.4 is 10.1 Å². The van der Waals surface area contributed by atoms with Crippen LogP contribution in [-0.4, -0.2) is 28.1 Å². The maximum absolute atomic E-state index is 13.9. The average molecular weight is 476 g/mol. The van der Waals surface area contributed by atoms with Crippen LogP contribution in [0.2, 0.25) is 0 Å². The highest BCUT2D eigenvalue weighted by atomic mass is 32.1. The molecule has 1 aromatic carbocycles. The smallest absolute Gasteiger partial charge is 0.318 e. The summed E-state index contributed by atoms with van der Waals surface area (Å²) in [4.78, 5) is 17.5. The van der Waals surface area contributed by atoms with E-state index in [-0.39, 0.29) is 12.1 Å². The molecule has 34 heavy (non-hydrogen) atoms. The van der Waals surface area contributed by atoms with Gasteiger partial charge in [0.1, 0.15) is 10.8 Å². The van der Waals surface area contributed by atoms with Crippen molar-refractivity contribution in [1.82, 2.24) is 14.8 Å². The third-order valence-electron chi connectivity index (χ3n) is 7.63.